The first-order valence-corrected chi connectivity index (χ1v) is 7.16. The number of nitrogens with zero attached hydrogens (tertiary/aromatic N) is 2. The van der Waals surface area contributed by atoms with Crippen LogP contribution in [0.15, 0.2) is 30.3 Å². The molecule has 0 unspecified atom stereocenters. The lowest BCUT2D eigenvalue weighted by atomic mass is 10.1. The molecule has 4 heteroatoms. The molecule has 0 spiro atoms. The number of benzene rings is 1. The molecule has 1 saturated carbocycles. The van der Waals surface area contributed by atoms with E-state index in [-0.39, 0.29) is 0 Å². The van der Waals surface area contributed by atoms with E-state index < -0.39 is 0 Å². The van der Waals surface area contributed by atoms with Crippen LogP contribution >= 0.6 is 0 Å². The molecule has 0 atom stereocenters. The smallest absolute Gasteiger partial charge is 0.212 e. The third kappa shape index (κ3) is 3.20. The van der Waals surface area contributed by atoms with Crippen LogP contribution in [-0.4, -0.2) is 15.8 Å². The zero-order valence-electron chi connectivity index (χ0n) is 12.1. The van der Waals surface area contributed by atoms with Gasteiger partial charge in [-0.15, -0.1) is 0 Å². The molecule has 3 rings (SSSR count). The fraction of sp³-hybridized carbons (Fsp3) is 0.438. The van der Waals surface area contributed by atoms with Gasteiger partial charge in [0.25, 0.3) is 0 Å². The molecule has 4 nitrogen and oxygen atoms in total. The monoisotopic (exact) mass is 271 g/mol. The van der Waals surface area contributed by atoms with Crippen LogP contribution in [0.4, 0.5) is 0 Å². The maximum atomic E-state index is 5.88. The molecule has 0 amide bonds. The SMILES string of the molecule is Cc1cc(OCc2ccccc2CNC2CC2)n(C)n1. The zero-order chi connectivity index (χ0) is 13.9. The minimum absolute atomic E-state index is 0.585. The van der Waals surface area contributed by atoms with E-state index in [0.29, 0.717) is 6.61 Å². The Labute approximate surface area is 119 Å². The molecule has 20 heavy (non-hydrogen) atoms. The Hall–Kier alpha value is -1.81. The van der Waals surface area contributed by atoms with Crippen LogP contribution in [0.2, 0.25) is 0 Å². The average molecular weight is 271 g/mol. The van der Waals surface area contributed by atoms with Gasteiger partial charge in [0.15, 0.2) is 0 Å². The topological polar surface area (TPSA) is 39.1 Å². The summed E-state index contributed by atoms with van der Waals surface area (Å²) in [7, 11) is 1.91. The van der Waals surface area contributed by atoms with Crippen molar-refractivity contribution in [1.82, 2.24) is 15.1 Å². The average Bonchev–Trinajstić information content (AvgIpc) is 3.20. The highest BCUT2D eigenvalue weighted by atomic mass is 16.5. The maximum Gasteiger partial charge on any atom is 0.212 e. The van der Waals surface area contributed by atoms with Gasteiger partial charge >= 0.3 is 0 Å². The molecule has 106 valence electrons. The lowest BCUT2D eigenvalue weighted by Crippen LogP contribution is -2.17. The predicted octanol–water partition coefficient (Wildman–Crippen LogP) is 2.56. The van der Waals surface area contributed by atoms with Crippen LogP contribution in [0.5, 0.6) is 5.88 Å². The van der Waals surface area contributed by atoms with Gasteiger partial charge in [-0.05, 0) is 30.9 Å². The Morgan fingerprint density at radius 2 is 2.05 bits per heavy atom. The molecule has 0 saturated heterocycles. The van der Waals surface area contributed by atoms with Gasteiger partial charge in [-0.25, -0.2) is 4.68 Å². The molecule has 0 aliphatic heterocycles. The van der Waals surface area contributed by atoms with E-state index in [1.54, 1.807) is 4.68 Å². The van der Waals surface area contributed by atoms with Crippen LogP contribution in [0, 0.1) is 6.92 Å². The summed E-state index contributed by atoms with van der Waals surface area (Å²) < 4.78 is 7.66. The van der Waals surface area contributed by atoms with Crippen LogP contribution < -0.4 is 10.1 Å². The number of hydrogen-bond acceptors (Lipinski definition) is 3. The van der Waals surface area contributed by atoms with Crippen LogP contribution in [0.1, 0.15) is 29.7 Å². The molecule has 1 aromatic carbocycles. The van der Waals surface area contributed by atoms with E-state index in [1.165, 1.54) is 24.0 Å². The van der Waals surface area contributed by atoms with E-state index >= 15 is 0 Å². The van der Waals surface area contributed by atoms with E-state index in [4.69, 9.17) is 4.74 Å². The van der Waals surface area contributed by atoms with Crippen molar-refractivity contribution in [3.05, 3.63) is 47.2 Å². The lowest BCUT2D eigenvalue weighted by molar-refractivity contribution is 0.277. The van der Waals surface area contributed by atoms with Crippen LogP contribution in [0.3, 0.4) is 0 Å². The normalized spacial score (nSPS) is 14.5. The largest absolute Gasteiger partial charge is 0.473 e. The van der Waals surface area contributed by atoms with Crippen molar-refractivity contribution < 1.29 is 4.74 Å². The van der Waals surface area contributed by atoms with E-state index in [1.807, 2.05) is 20.0 Å². The Morgan fingerprint density at radius 3 is 2.70 bits per heavy atom. The summed E-state index contributed by atoms with van der Waals surface area (Å²) in [5, 5.41) is 7.85. The van der Waals surface area contributed by atoms with Crippen molar-refractivity contribution in [2.24, 2.45) is 7.05 Å². The first kappa shape index (κ1) is 13.2. The first-order chi connectivity index (χ1) is 9.72. The van der Waals surface area contributed by atoms with Gasteiger partial charge in [0.05, 0.1) is 5.69 Å². The standard InChI is InChI=1S/C16H21N3O/c1-12-9-16(19(2)18-12)20-11-14-6-4-3-5-13(14)10-17-15-7-8-15/h3-6,9,15,17H,7-8,10-11H2,1-2H3. The summed E-state index contributed by atoms with van der Waals surface area (Å²) >= 11 is 0. The highest BCUT2D eigenvalue weighted by Gasteiger charge is 2.20. The number of aryl methyl sites for hydroxylation is 2. The van der Waals surface area contributed by atoms with Gasteiger partial charge in [-0.2, -0.15) is 5.10 Å². The molecule has 2 aromatic rings. The van der Waals surface area contributed by atoms with Crippen molar-refractivity contribution in [1.29, 1.82) is 0 Å². The fourth-order valence-electron chi connectivity index (χ4n) is 2.29. The van der Waals surface area contributed by atoms with Gasteiger partial charge in [-0.1, -0.05) is 24.3 Å². The van der Waals surface area contributed by atoms with Gasteiger partial charge in [0, 0.05) is 25.7 Å². The zero-order valence-corrected chi connectivity index (χ0v) is 12.1. The van der Waals surface area contributed by atoms with Gasteiger partial charge in [0.2, 0.25) is 5.88 Å². The number of rotatable bonds is 6. The summed E-state index contributed by atoms with van der Waals surface area (Å²) in [6.45, 7) is 3.48. The maximum absolute atomic E-state index is 5.88. The first-order valence-electron chi connectivity index (χ1n) is 7.16. The summed E-state index contributed by atoms with van der Waals surface area (Å²) in [5.74, 6) is 0.812. The van der Waals surface area contributed by atoms with Gasteiger partial charge in [0.1, 0.15) is 6.61 Å². The highest BCUT2D eigenvalue weighted by molar-refractivity contribution is 5.27. The van der Waals surface area contributed by atoms with Crippen LogP contribution in [0.25, 0.3) is 0 Å². The Kier molecular flexibility index (Phi) is 3.74. The second kappa shape index (κ2) is 5.67. The molecular formula is C16H21N3O. The fourth-order valence-corrected chi connectivity index (χ4v) is 2.29. The molecular weight excluding hydrogens is 250 g/mol. The summed E-state index contributed by atoms with van der Waals surface area (Å²) in [5.41, 5.74) is 3.53. The predicted molar refractivity (Wildman–Crippen MR) is 78.6 cm³/mol. The molecule has 0 radical (unpaired) electrons. The number of aromatic nitrogens is 2. The van der Waals surface area contributed by atoms with E-state index in [9.17, 15) is 0 Å². The minimum atomic E-state index is 0.585. The molecule has 0 bridgehead atoms. The third-order valence-corrected chi connectivity index (χ3v) is 3.61. The van der Waals surface area contributed by atoms with Crippen molar-refractivity contribution in [2.45, 2.75) is 39.0 Å². The van der Waals surface area contributed by atoms with Gasteiger partial charge < -0.3 is 10.1 Å². The lowest BCUT2D eigenvalue weighted by Gasteiger charge is -2.11. The van der Waals surface area contributed by atoms with Crippen LogP contribution in [-0.2, 0) is 20.2 Å². The van der Waals surface area contributed by atoms with Gasteiger partial charge in [-0.3, -0.25) is 0 Å². The quantitative estimate of drug-likeness (QED) is 0.877. The summed E-state index contributed by atoms with van der Waals surface area (Å²) in [6.07, 6.45) is 2.62. The second-order valence-corrected chi connectivity index (χ2v) is 5.46. The molecule has 1 fully saturated rings. The molecule has 1 aromatic heterocycles. The Bertz CT molecular complexity index is 587. The number of hydrogen-bond donors (Lipinski definition) is 1. The van der Waals surface area contributed by atoms with E-state index in [2.05, 4.69) is 34.7 Å². The molecule has 1 N–H and O–H groups in total. The molecule has 1 aliphatic rings. The summed E-state index contributed by atoms with van der Waals surface area (Å²) in [4.78, 5) is 0. The summed E-state index contributed by atoms with van der Waals surface area (Å²) in [6, 6.07) is 11.1. The second-order valence-electron chi connectivity index (χ2n) is 5.46. The van der Waals surface area contributed by atoms with E-state index in [0.717, 1.165) is 24.2 Å². The van der Waals surface area contributed by atoms with Crippen molar-refractivity contribution in [3.63, 3.8) is 0 Å². The molecule has 1 heterocycles. The number of nitrogens with one attached hydrogen (secondary N) is 1. The highest BCUT2D eigenvalue weighted by Crippen LogP contribution is 2.20. The Balaban J connectivity index is 1.65. The minimum Gasteiger partial charge on any atom is -0.473 e. The number of ether oxygens (including phenoxy) is 1. The van der Waals surface area contributed by atoms with Crippen molar-refractivity contribution in [3.8, 4) is 5.88 Å². The van der Waals surface area contributed by atoms with Crippen molar-refractivity contribution in [2.75, 3.05) is 0 Å². The molecule has 1 aliphatic carbocycles. The third-order valence-electron chi connectivity index (χ3n) is 3.61. The Morgan fingerprint density at radius 1 is 1.30 bits per heavy atom. The van der Waals surface area contributed by atoms with Crippen molar-refractivity contribution >= 4 is 0 Å².